The smallest absolute Gasteiger partial charge is 0.306 e. The van der Waals surface area contributed by atoms with E-state index in [1.807, 2.05) is 60.7 Å². The first-order valence-electron chi connectivity index (χ1n) is 8.45. The Bertz CT molecular complexity index is 630. The van der Waals surface area contributed by atoms with Crippen LogP contribution < -0.4 is 0 Å². The average molecular weight is 391 g/mol. The molecule has 0 spiro atoms. The molecule has 0 bridgehead atoms. The first-order chi connectivity index (χ1) is 12.6. The fourth-order valence-electron chi connectivity index (χ4n) is 2.01. The zero-order valence-corrected chi connectivity index (χ0v) is 16.4. The molecule has 6 heteroatoms. The van der Waals surface area contributed by atoms with Crippen LogP contribution in [0.25, 0.3) is 0 Å². The summed E-state index contributed by atoms with van der Waals surface area (Å²) >= 11 is 0. The van der Waals surface area contributed by atoms with Crippen molar-refractivity contribution in [2.45, 2.75) is 37.6 Å². The molecule has 0 amide bonds. The Morgan fingerprint density at radius 1 is 0.731 bits per heavy atom. The van der Waals surface area contributed by atoms with Gasteiger partial charge in [0.25, 0.3) is 0 Å². The third-order valence-corrected chi connectivity index (χ3v) is 6.01. The van der Waals surface area contributed by atoms with Gasteiger partial charge in [-0.05, 0) is 21.6 Å². The third kappa shape index (κ3) is 6.42. The summed E-state index contributed by atoms with van der Waals surface area (Å²) in [4.78, 5) is 23.6. The van der Waals surface area contributed by atoms with Crippen molar-refractivity contribution >= 4 is 33.5 Å². The molecule has 2 aromatic rings. The van der Waals surface area contributed by atoms with Crippen molar-refractivity contribution in [3.63, 3.8) is 0 Å². The minimum Gasteiger partial charge on any atom is -0.445 e. The maximum atomic E-state index is 11.8. The Hall–Kier alpha value is -1.92. The molecule has 0 aliphatic heterocycles. The van der Waals surface area contributed by atoms with Crippen molar-refractivity contribution in [3.05, 3.63) is 71.8 Å². The van der Waals surface area contributed by atoms with Crippen molar-refractivity contribution in [1.82, 2.24) is 0 Å². The van der Waals surface area contributed by atoms with Crippen molar-refractivity contribution < 1.29 is 19.1 Å². The van der Waals surface area contributed by atoms with Crippen LogP contribution in [-0.2, 0) is 19.1 Å². The summed E-state index contributed by atoms with van der Waals surface area (Å²) in [5.74, 6) is -0.539. The van der Waals surface area contributed by atoms with E-state index >= 15 is 0 Å². The Labute approximate surface area is 162 Å². The number of carbonyl (C=O) groups is 2. The second-order valence-electron chi connectivity index (χ2n) is 5.36. The molecule has 0 heterocycles. The number of carbonyl (C=O) groups excluding carboxylic acids is 2. The van der Waals surface area contributed by atoms with Crippen LogP contribution in [0.5, 0.6) is 0 Å². The Kier molecular flexibility index (Phi) is 8.58. The fourth-order valence-corrected chi connectivity index (χ4v) is 4.55. The van der Waals surface area contributed by atoms with Gasteiger partial charge in [-0.15, -0.1) is 0 Å². The van der Waals surface area contributed by atoms with E-state index in [1.54, 1.807) is 13.8 Å². The van der Waals surface area contributed by atoms with Crippen LogP contribution in [0.4, 0.5) is 0 Å². The SMILES string of the molecule is CCC(=O)OC(SSC(OC(=O)CC)c1ccccc1)c1ccccc1. The van der Waals surface area contributed by atoms with E-state index < -0.39 is 10.9 Å². The zero-order chi connectivity index (χ0) is 18.8. The van der Waals surface area contributed by atoms with Gasteiger partial charge in [-0.3, -0.25) is 9.59 Å². The van der Waals surface area contributed by atoms with E-state index in [1.165, 1.54) is 21.6 Å². The van der Waals surface area contributed by atoms with E-state index in [9.17, 15) is 9.59 Å². The van der Waals surface area contributed by atoms with E-state index in [0.717, 1.165) is 11.1 Å². The summed E-state index contributed by atoms with van der Waals surface area (Å²) in [5, 5.41) is 0. The maximum absolute atomic E-state index is 11.8. The number of benzene rings is 2. The van der Waals surface area contributed by atoms with Gasteiger partial charge in [-0.25, -0.2) is 0 Å². The highest BCUT2D eigenvalue weighted by molar-refractivity contribution is 8.76. The summed E-state index contributed by atoms with van der Waals surface area (Å²) in [5.41, 5.74) is 0.834. The molecule has 0 radical (unpaired) electrons. The highest BCUT2D eigenvalue weighted by Gasteiger charge is 2.23. The number of hydrogen-bond acceptors (Lipinski definition) is 6. The van der Waals surface area contributed by atoms with E-state index in [0.29, 0.717) is 12.8 Å². The summed E-state index contributed by atoms with van der Waals surface area (Å²) in [6.45, 7) is 3.52. The normalized spacial score (nSPS) is 12.8. The molecule has 0 aliphatic rings. The standard InChI is InChI=1S/C20H22O4S2/c1-3-17(21)23-19(15-11-7-5-8-12-15)25-26-20(24-18(22)4-2)16-13-9-6-10-14-16/h5-14,19-20H,3-4H2,1-2H3. The maximum Gasteiger partial charge on any atom is 0.306 e. The van der Waals surface area contributed by atoms with Gasteiger partial charge < -0.3 is 9.47 Å². The average Bonchev–Trinajstić information content (AvgIpc) is 2.70. The predicted molar refractivity (Wildman–Crippen MR) is 106 cm³/mol. The van der Waals surface area contributed by atoms with Gasteiger partial charge in [0.05, 0.1) is 0 Å². The first kappa shape index (κ1) is 20.4. The summed E-state index contributed by atoms with van der Waals surface area (Å²) in [7, 11) is 2.74. The molecule has 2 aromatic carbocycles. The van der Waals surface area contributed by atoms with Gasteiger partial charge >= 0.3 is 11.9 Å². The highest BCUT2D eigenvalue weighted by Crippen LogP contribution is 2.47. The molecule has 26 heavy (non-hydrogen) atoms. The van der Waals surface area contributed by atoms with Gasteiger partial charge in [-0.2, -0.15) is 0 Å². The number of esters is 2. The van der Waals surface area contributed by atoms with Crippen LogP contribution >= 0.6 is 21.6 Å². The molecule has 0 N–H and O–H groups in total. The van der Waals surface area contributed by atoms with Crippen molar-refractivity contribution in [2.24, 2.45) is 0 Å². The quantitative estimate of drug-likeness (QED) is 0.312. The van der Waals surface area contributed by atoms with Gasteiger partial charge in [0, 0.05) is 24.0 Å². The van der Waals surface area contributed by atoms with Gasteiger partial charge in [0.1, 0.15) is 0 Å². The third-order valence-electron chi connectivity index (χ3n) is 3.43. The van der Waals surface area contributed by atoms with E-state index in [2.05, 4.69) is 0 Å². The van der Waals surface area contributed by atoms with Crippen LogP contribution in [-0.4, -0.2) is 11.9 Å². The molecule has 2 rings (SSSR count). The lowest BCUT2D eigenvalue weighted by Crippen LogP contribution is -2.09. The van der Waals surface area contributed by atoms with Crippen LogP contribution in [0.1, 0.15) is 48.7 Å². The fraction of sp³-hybridized carbons (Fsp3) is 0.300. The van der Waals surface area contributed by atoms with Crippen LogP contribution in [0, 0.1) is 0 Å². The minimum atomic E-state index is -0.472. The van der Waals surface area contributed by atoms with Gasteiger partial charge in [0.15, 0.2) is 10.9 Å². The lowest BCUT2D eigenvalue weighted by atomic mass is 10.2. The summed E-state index contributed by atoms with van der Waals surface area (Å²) < 4.78 is 11.1. The highest BCUT2D eigenvalue weighted by atomic mass is 33.1. The molecular weight excluding hydrogens is 368 g/mol. The molecule has 0 saturated carbocycles. The van der Waals surface area contributed by atoms with Gasteiger partial charge in [0.2, 0.25) is 0 Å². The monoisotopic (exact) mass is 390 g/mol. The van der Waals surface area contributed by atoms with Crippen molar-refractivity contribution in [2.75, 3.05) is 0 Å². The molecule has 0 aromatic heterocycles. The summed E-state index contributed by atoms with van der Waals surface area (Å²) in [6.07, 6.45) is 0.614. The molecule has 0 aliphatic carbocycles. The largest absolute Gasteiger partial charge is 0.445 e. The first-order valence-corrected chi connectivity index (χ1v) is 10.7. The molecule has 138 valence electrons. The zero-order valence-electron chi connectivity index (χ0n) is 14.8. The molecule has 2 unspecified atom stereocenters. The Morgan fingerprint density at radius 3 is 1.38 bits per heavy atom. The topological polar surface area (TPSA) is 52.6 Å². The number of hydrogen-bond donors (Lipinski definition) is 0. The second-order valence-corrected chi connectivity index (χ2v) is 7.76. The van der Waals surface area contributed by atoms with Crippen molar-refractivity contribution in [3.8, 4) is 0 Å². The Balaban J connectivity index is 2.14. The van der Waals surface area contributed by atoms with Gasteiger partial charge in [-0.1, -0.05) is 74.5 Å². The Morgan fingerprint density at radius 2 is 1.08 bits per heavy atom. The van der Waals surface area contributed by atoms with E-state index in [-0.39, 0.29) is 11.9 Å². The molecule has 2 atom stereocenters. The predicted octanol–water partition coefficient (Wildman–Crippen LogP) is 5.67. The number of ether oxygens (including phenoxy) is 2. The number of rotatable bonds is 9. The molecular formula is C20H22O4S2. The molecule has 0 fully saturated rings. The van der Waals surface area contributed by atoms with Crippen LogP contribution in [0.2, 0.25) is 0 Å². The summed E-state index contributed by atoms with van der Waals surface area (Å²) in [6, 6.07) is 19.1. The van der Waals surface area contributed by atoms with Crippen LogP contribution in [0.15, 0.2) is 60.7 Å². The van der Waals surface area contributed by atoms with Crippen molar-refractivity contribution in [1.29, 1.82) is 0 Å². The molecule has 4 nitrogen and oxygen atoms in total. The lowest BCUT2D eigenvalue weighted by Gasteiger charge is -2.21. The molecule has 0 saturated heterocycles. The van der Waals surface area contributed by atoms with E-state index in [4.69, 9.17) is 9.47 Å². The minimum absolute atomic E-state index is 0.270. The lowest BCUT2D eigenvalue weighted by molar-refractivity contribution is -0.146. The second kappa shape index (κ2) is 10.9. The van der Waals surface area contributed by atoms with Crippen LogP contribution in [0.3, 0.4) is 0 Å².